The van der Waals surface area contributed by atoms with E-state index in [2.05, 4.69) is 20.7 Å². The minimum Gasteiger partial charge on any atom is -0.316 e. The summed E-state index contributed by atoms with van der Waals surface area (Å²) in [5, 5.41) is 10.7. The van der Waals surface area contributed by atoms with Gasteiger partial charge in [-0.2, -0.15) is 5.10 Å². The average Bonchev–Trinajstić information content (AvgIpc) is 3.33. The Morgan fingerprint density at radius 1 is 1.26 bits per heavy atom. The van der Waals surface area contributed by atoms with Crippen molar-refractivity contribution in [2.45, 2.75) is 12.8 Å². The molecule has 1 fully saturated rings. The van der Waals surface area contributed by atoms with Gasteiger partial charge in [0.2, 0.25) is 0 Å². The number of anilines is 1. The molecule has 0 radical (unpaired) electrons. The van der Waals surface area contributed by atoms with E-state index in [4.69, 9.17) is 0 Å². The number of aryl methyl sites for hydroxylation is 1. The van der Waals surface area contributed by atoms with Crippen molar-refractivity contribution in [3.05, 3.63) is 66.1 Å². The van der Waals surface area contributed by atoms with Crippen molar-refractivity contribution < 1.29 is 4.79 Å². The normalized spacial score (nSPS) is 16.4. The smallest absolute Gasteiger partial charge is 0.258 e. The van der Waals surface area contributed by atoms with Gasteiger partial charge in [-0.25, -0.2) is 0 Å². The van der Waals surface area contributed by atoms with Crippen LogP contribution in [0.1, 0.15) is 22.3 Å². The summed E-state index contributed by atoms with van der Waals surface area (Å²) < 4.78 is 1.68. The molecule has 0 aliphatic carbocycles. The first kappa shape index (κ1) is 17.4. The molecule has 0 saturated carbocycles. The van der Waals surface area contributed by atoms with Crippen LogP contribution in [-0.4, -0.2) is 33.8 Å². The molecule has 6 heteroatoms. The molecule has 1 saturated heterocycles. The highest BCUT2D eigenvalue weighted by molar-refractivity contribution is 6.05. The van der Waals surface area contributed by atoms with Gasteiger partial charge in [-0.05, 0) is 49.0 Å². The summed E-state index contributed by atoms with van der Waals surface area (Å²) in [6.45, 7) is 2.10. The summed E-state index contributed by atoms with van der Waals surface area (Å²) in [5.41, 5.74) is 3.58. The van der Waals surface area contributed by atoms with Gasteiger partial charge in [0.05, 0.1) is 11.8 Å². The first-order chi connectivity index (χ1) is 13.2. The number of carbonyl (C=O) groups excluding carboxylic acids is 1. The molecule has 6 nitrogen and oxygen atoms in total. The number of nitrogens with one attached hydrogen (secondary N) is 2. The van der Waals surface area contributed by atoms with Crippen LogP contribution >= 0.6 is 0 Å². The zero-order valence-corrected chi connectivity index (χ0v) is 15.4. The van der Waals surface area contributed by atoms with E-state index >= 15 is 0 Å². The topological polar surface area (TPSA) is 71.8 Å². The van der Waals surface area contributed by atoms with Crippen molar-refractivity contribution in [1.29, 1.82) is 0 Å². The highest BCUT2D eigenvalue weighted by Gasteiger charge is 2.18. The number of rotatable bonds is 5. The third-order valence-corrected chi connectivity index (χ3v) is 5.00. The lowest BCUT2D eigenvalue weighted by molar-refractivity contribution is 0.102. The van der Waals surface area contributed by atoms with Gasteiger partial charge in [0.15, 0.2) is 0 Å². The van der Waals surface area contributed by atoms with Gasteiger partial charge in [-0.15, -0.1) is 0 Å². The predicted molar refractivity (Wildman–Crippen MR) is 106 cm³/mol. The van der Waals surface area contributed by atoms with Crippen LogP contribution in [0.15, 0.2) is 55.0 Å². The minimum absolute atomic E-state index is 0.172. The number of hydrogen-bond donors (Lipinski definition) is 2. The molecule has 3 aromatic rings. The summed E-state index contributed by atoms with van der Waals surface area (Å²) in [6.07, 6.45) is 7.36. The number of hydrogen-bond acceptors (Lipinski definition) is 4. The molecule has 1 aliphatic rings. The summed E-state index contributed by atoms with van der Waals surface area (Å²) >= 11 is 0. The van der Waals surface area contributed by atoms with Crippen molar-refractivity contribution in [2.75, 3.05) is 18.4 Å². The maximum atomic E-state index is 12.8. The number of pyridine rings is 1. The van der Waals surface area contributed by atoms with E-state index in [1.165, 1.54) is 6.42 Å². The number of carbonyl (C=O) groups is 1. The minimum atomic E-state index is -0.172. The molecule has 0 bridgehead atoms. The first-order valence-corrected chi connectivity index (χ1v) is 9.24. The van der Waals surface area contributed by atoms with Crippen molar-refractivity contribution in [2.24, 2.45) is 13.0 Å². The lowest BCUT2D eigenvalue weighted by atomic mass is 9.99. The van der Waals surface area contributed by atoms with Crippen molar-refractivity contribution >= 4 is 11.7 Å². The van der Waals surface area contributed by atoms with Gasteiger partial charge in [0.1, 0.15) is 5.82 Å². The van der Waals surface area contributed by atoms with Gasteiger partial charge in [0, 0.05) is 25.0 Å². The van der Waals surface area contributed by atoms with Gasteiger partial charge in [0.25, 0.3) is 5.91 Å². The third-order valence-electron chi connectivity index (χ3n) is 5.00. The van der Waals surface area contributed by atoms with Crippen LogP contribution in [0.4, 0.5) is 5.82 Å². The molecule has 3 heterocycles. The van der Waals surface area contributed by atoms with Crippen LogP contribution in [0, 0.1) is 5.92 Å². The van der Waals surface area contributed by atoms with Crippen LogP contribution in [-0.2, 0) is 13.5 Å². The molecular weight excluding hydrogens is 338 g/mol. The lowest BCUT2D eigenvalue weighted by Crippen LogP contribution is -2.16. The van der Waals surface area contributed by atoms with Crippen molar-refractivity contribution in [3.63, 3.8) is 0 Å². The second-order valence-electron chi connectivity index (χ2n) is 7.00. The SMILES string of the molecule is Cn1ncc(-c2ccccc2)c1NC(=O)c1cncc(CC2CCNC2)c1. The number of aromatic nitrogens is 3. The fraction of sp³-hybridized carbons (Fsp3) is 0.286. The van der Waals surface area contributed by atoms with E-state index in [0.717, 1.165) is 36.2 Å². The summed E-state index contributed by atoms with van der Waals surface area (Å²) in [7, 11) is 1.82. The van der Waals surface area contributed by atoms with Gasteiger partial charge < -0.3 is 10.6 Å². The largest absolute Gasteiger partial charge is 0.316 e. The Hall–Kier alpha value is -2.99. The van der Waals surface area contributed by atoms with Crippen LogP contribution in [0.2, 0.25) is 0 Å². The highest BCUT2D eigenvalue weighted by atomic mass is 16.1. The lowest BCUT2D eigenvalue weighted by Gasteiger charge is -2.11. The molecule has 1 amide bonds. The molecule has 138 valence electrons. The Morgan fingerprint density at radius 3 is 2.89 bits per heavy atom. The maximum absolute atomic E-state index is 12.8. The second kappa shape index (κ2) is 7.72. The Balaban J connectivity index is 1.54. The zero-order valence-electron chi connectivity index (χ0n) is 15.4. The molecule has 0 spiro atoms. The predicted octanol–water partition coefficient (Wildman–Crippen LogP) is 2.89. The molecule has 1 aromatic carbocycles. The molecular formula is C21H23N5O. The fourth-order valence-corrected chi connectivity index (χ4v) is 3.54. The van der Waals surface area contributed by atoms with Crippen LogP contribution in [0.3, 0.4) is 0 Å². The Morgan fingerprint density at radius 2 is 2.11 bits per heavy atom. The first-order valence-electron chi connectivity index (χ1n) is 9.24. The fourth-order valence-electron chi connectivity index (χ4n) is 3.54. The summed E-state index contributed by atoms with van der Waals surface area (Å²) in [6, 6.07) is 11.9. The van der Waals surface area contributed by atoms with Gasteiger partial charge in [-0.1, -0.05) is 30.3 Å². The van der Waals surface area contributed by atoms with Gasteiger partial charge in [-0.3, -0.25) is 14.5 Å². The van der Waals surface area contributed by atoms with E-state index in [9.17, 15) is 4.79 Å². The molecule has 2 aromatic heterocycles. The van der Waals surface area contributed by atoms with E-state index in [-0.39, 0.29) is 5.91 Å². The van der Waals surface area contributed by atoms with E-state index in [1.54, 1.807) is 17.1 Å². The Kier molecular flexibility index (Phi) is 4.98. The van der Waals surface area contributed by atoms with Crippen LogP contribution in [0.5, 0.6) is 0 Å². The molecule has 27 heavy (non-hydrogen) atoms. The maximum Gasteiger partial charge on any atom is 0.258 e. The average molecular weight is 361 g/mol. The third kappa shape index (κ3) is 3.90. The van der Waals surface area contributed by atoms with Crippen LogP contribution in [0.25, 0.3) is 11.1 Å². The monoisotopic (exact) mass is 361 g/mol. The number of nitrogens with zero attached hydrogens (tertiary/aromatic N) is 3. The summed E-state index contributed by atoms with van der Waals surface area (Å²) in [5.74, 6) is 1.12. The second-order valence-corrected chi connectivity index (χ2v) is 7.00. The Bertz CT molecular complexity index is 929. The molecule has 1 atom stereocenters. The molecule has 4 rings (SSSR count). The molecule has 1 aliphatic heterocycles. The molecule has 1 unspecified atom stereocenters. The number of amides is 1. The molecule has 2 N–H and O–H groups in total. The van der Waals surface area contributed by atoms with E-state index < -0.39 is 0 Å². The Labute approximate surface area is 158 Å². The van der Waals surface area contributed by atoms with Gasteiger partial charge >= 0.3 is 0 Å². The quantitative estimate of drug-likeness (QED) is 0.733. The standard InChI is InChI=1S/C21H23N5O/c1-26-20(19(14-24-26)17-5-3-2-4-6-17)25-21(27)18-10-16(12-23-13-18)9-15-7-8-22-11-15/h2-6,10,12-15,22H,7-9,11H2,1H3,(H,25,27). The van der Waals surface area contributed by atoms with Crippen LogP contribution < -0.4 is 10.6 Å². The number of benzene rings is 1. The van der Waals surface area contributed by atoms with Crippen molar-refractivity contribution in [1.82, 2.24) is 20.1 Å². The van der Waals surface area contributed by atoms with E-state index in [0.29, 0.717) is 17.3 Å². The summed E-state index contributed by atoms with van der Waals surface area (Å²) in [4.78, 5) is 17.1. The van der Waals surface area contributed by atoms with E-state index in [1.807, 2.05) is 49.6 Å². The highest BCUT2D eigenvalue weighted by Crippen LogP contribution is 2.27. The zero-order chi connectivity index (χ0) is 18.6. The van der Waals surface area contributed by atoms with Crippen molar-refractivity contribution in [3.8, 4) is 11.1 Å².